The summed E-state index contributed by atoms with van der Waals surface area (Å²) in [6, 6.07) is 3.89. The molecule has 1 aromatic carbocycles. The van der Waals surface area contributed by atoms with Crippen LogP contribution in [0.3, 0.4) is 0 Å². The van der Waals surface area contributed by atoms with E-state index in [1.54, 1.807) is 20.8 Å². The Balaban J connectivity index is 2.35. The Bertz CT molecular complexity index is 917. The summed E-state index contributed by atoms with van der Waals surface area (Å²) in [5, 5.41) is 0. The fraction of sp³-hybridized carbons (Fsp3) is 0.455. The zero-order valence-corrected chi connectivity index (χ0v) is 17.7. The first-order chi connectivity index (χ1) is 13.9. The van der Waals surface area contributed by atoms with Crippen LogP contribution in [0.5, 0.6) is 0 Å². The molecule has 1 aromatic rings. The number of esters is 1. The lowest BCUT2D eigenvalue weighted by atomic mass is 9.85. The van der Waals surface area contributed by atoms with Gasteiger partial charge in [0.2, 0.25) is 0 Å². The van der Waals surface area contributed by atoms with Gasteiger partial charge in [0.1, 0.15) is 23.0 Å². The number of ether oxygens (including phenoxy) is 1. The minimum Gasteiger partial charge on any atom is -0.456 e. The average Bonchev–Trinajstić information content (AvgIpc) is 2.65. The zero-order chi connectivity index (χ0) is 22.6. The molecule has 0 bridgehead atoms. The zero-order valence-electron chi connectivity index (χ0n) is 17.7. The van der Waals surface area contributed by atoms with E-state index in [2.05, 4.69) is 16.6 Å². The molecule has 1 fully saturated rings. The molecule has 162 valence electrons. The second-order valence-corrected chi connectivity index (χ2v) is 8.16. The molecular formula is C22H27F2N3O3. The number of carbonyl (C=O) groups is 2. The molecule has 0 amide bonds. The van der Waals surface area contributed by atoms with Crippen LogP contribution in [-0.4, -0.2) is 42.1 Å². The first-order valence-electron chi connectivity index (χ1n) is 9.63. The summed E-state index contributed by atoms with van der Waals surface area (Å²) in [6.45, 7) is 8.95. The molecule has 1 saturated carbocycles. The van der Waals surface area contributed by atoms with E-state index in [0.29, 0.717) is 12.1 Å². The van der Waals surface area contributed by atoms with Crippen LogP contribution in [0.2, 0.25) is 0 Å². The van der Waals surface area contributed by atoms with E-state index in [-0.39, 0.29) is 41.4 Å². The van der Waals surface area contributed by atoms with Gasteiger partial charge in [-0.3, -0.25) is 9.79 Å². The van der Waals surface area contributed by atoms with Crippen LogP contribution in [0.4, 0.5) is 8.78 Å². The van der Waals surface area contributed by atoms with E-state index in [0.717, 1.165) is 6.07 Å². The van der Waals surface area contributed by atoms with Gasteiger partial charge in [-0.05, 0) is 45.7 Å². The van der Waals surface area contributed by atoms with Crippen molar-refractivity contribution in [2.45, 2.75) is 51.8 Å². The van der Waals surface area contributed by atoms with Crippen LogP contribution in [0.15, 0.2) is 40.5 Å². The van der Waals surface area contributed by atoms with Crippen LogP contribution < -0.4 is 5.73 Å². The molecule has 1 aliphatic carbocycles. The Kier molecular flexibility index (Phi) is 7.23. The first-order valence-corrected chi connectivity index (χ1v) is 9.63. The normalized spacial score (nSPS) is 20.8. The number of rotatable bonds is 5. The number of halogens is 2. The van der Waals surface area contributed by atoms with Crippen LogP contribution in [0, 0.1) is 11.7 Å². The minimum atomic E-state index is -1.54. The van der Waals surface area contributed by atoms with Crippen molar-refractivity contribution >= 4 is 23.3 Å². The molecule has 30 heavy (non-hydrogen) atoms. The number of aliphatic imine (C=N–C) groups is 2. The van der Waals surface area contributed by atoms with Gasteiger partial charge in [0.15, 0.2) is 12.0 Å². The van der Waals surface area contributed by atoms with Gasteiger partial charge >= 0.3 is 5.97 Å². The third kappa shape index (κ3) is 5.81. The number of allylic oxidation sites excluding steroid dienone is 1. The number of alkyl halides is 1. The summed E-state index contributed by atoms with van der Waals surface area (Å²) in [6.07, 6.45) is -0.985. The van der Waals surface area contributed by atoms with Crippen molar-refractivity contribution in [3.05, 3.63) is 47.4 Å². The molecule has 8 heteroatoms. The molecule has 2 atom stereocenters. The summed E-state index contributed by atoms with van der Waals surface area (Å²) in [4.78, 5) is 31.9. The molecule has 0 heterocycles. The Morgan fingerprint density at radius 3 is 2.53 bits per heavy atom. The second kappa shape index (κ2) is 9.28. The lowest BCUT2D eigenvalue weighted by Crippen LogP contribution is -2.29. The molecule has 2 rings (SSSR count). The van der Waals surface area contributed by atoms with E-state index in [1.807, 2.05) is 0 Å². The predicted molar refractivity (Wildman–Crippen MR) is 112 cm³/mol. The van der Waals surface area contributed by atoms with Gasteiger partial charge in [0, 0.05) is 30.6 Å². The van der Waals surface area contributed by atoms with Crippen LogP contribution in [0.1, 0.15) is 56.0 Å². The van der Waals surface area contributed by atoms with Gasteiger partial charge in [-0.15, -0.1) is 0 Å². The van der Waals surface area contributed by atoms with Crippen LogP contribution >= 0.6 is 0 Å². The molecule has 6 nitrogen and oxygen atoms in total. The van der Waals surface area contributed by atoms with Crippen molar-refractivity contribution in [3.8, 4) is 0 Å². The number of hydrogen-bond donors (Lipinski definition) is 1. The van der Waals surface area contributed by atoms with Crippen LogP contribution in [0.25, 0.3) is 0 Å². The number of carbonyl (C=O) groups excluding carboxylic acids is 2. The summed E-state index contributed by atoms with van der Waals surface area (Å²) < 4.78 is 33.6. The molecule has 0 saturated heterocycles. The molecule has 0 radical (unpaired) electrons. The van der Waals surface area contributed by atoms with E-state index in [1.165, 1.54) is 19.2 Å². The summed E-state index contributed by atoms with van der Waals surface area (Å²) in [5.74, 6) is -2.30. The SMILES string of the molecule is C=C(N=C(C(N)=NC)c1ccc(C(=O)OC(C)(C)C)c(F)c1)[C@@H]1CCC(=O)[C@@H](F)C1. The molecule has 0 unspecified atom stereocenters. The molecule has 0 aliphatic heterocycles. The van der Waals surface area contributed by atoms with Crippen molar-refractivity contribution in [2.24, 2.45) is 21.6 Å². The van der Waals surface area contributed by atoms with Crippen molar-refractivity contribution < 1.29 is 23.1 Å². The Hall–Kier alpha value is -2.90. The predicted octanol–water partition coefficient (Wildman–Crippen LogP) is 3.78. The highest BCUT2D eigenvalue weighted by Gasteiger charge is 2.30. The monoisotopic (exact) mass is 419 g/mol. The fourth-order valence-electron chi connectivity index (χ4n) is 3.05. The van der Waals surface area contributed by atoms with Crippen molar-refractivity contribution in [2.75, 3.05) is 7.05 Å². The standard InChI is InChI=1S/C22H27F2N3O3/c1-12(13-7-9-18(28)17(24)10-13)27-19(20(25)26-5)14-6-8-15(16(23)11-14)21(29)30-22(2,3)4/h6,8,11,13,17H,1,7,9-10H2,2-5H3,(H2,25,26)/t13-,17+/m1/s1. The molecular weight excluding hydrogens is 392 g/mol. The highest BCUT2D eigenvalue weighted by Crippen LogP contribution is 2.30. The lowest BCUT2D eigenvalue weighted by molar-refractivity contribution is -0.126. The number of amidine groups is 1. The van der Waals surface area contributed by atoms with Gasteiger partial charge in [-0.2, -0.15) is 0 Å². The topological polar surface area (TPSA) is 94.1 Å². The lowest BCUT2D eigenvalue weighted by Gasteiger charge is -2.24. The molecule has 2 N–H and O–H groups in total. The van der Waals surface area contributed by atoms with E-state index in [4.69, 9.17) is 10.5 Å². The molecule has 1 aliphatic rings. The van der Waals surface area contributed by atoms with Gasteiger partial charge in [0.25, 0.3) is 0 Å². The number of ketones is 1. The quantitative estimate of drug-likeness (QED) is 0.446. The number of benzene rings is 1. The Morgan fingerprint density at radius 1 is 1.33 bits per heavy atom. The van der Waals surface area contributed by atoms with Gasteiger partial charge in [-0.1, -0.05) is 12.6 Å². The maximum absolute atomic E-state index is 14.6. The Labute approximate surface area is 174 Å². The fourth-order valence-corrected chi connectivity index (χ4v) is 3.05. The Morgan fingerprint density at radius 2 is 2.00 bits per heavy atom. The minimum absolute atomic E-state index is 0.00353. The van der Waals surface area contributed by atoms with E-state index in [9.17, 15) is 18.4 Å². The summed E-state index contributed by atoms with van der Waals surface area (Å²) in [5.41, 5.74) is 5.74. The van der Waals surface area contributed by atoms with Crippen molar-refractivity contribution in [1.82, 2.24) is 0 Å². The van der Waals surface area contributed by atoms with Gasteiger partial charge in [-0.25, -0.2) is 18.6 Å². The highest BCUT2D eigenvalue weighted by molar-refractivity contribution is 6.47. The second-order valence-electron chi connectivity index (χ2n) is 8.16. The van der Waals surface area contributed by atoms with Crippen molar-refractivity contribution in [1.29, 1.82) is 0 Å². The summed E-state index contributed by atoms with van der Waals surface area (Å²) >= 11 is 0. The largest absolute Gasteiger partial charge is 0.456 e. The van der Waals surface area contributed by atoms with E-state index < -0.39 is 29.3 Å². The maximum Gasteiger partial charge on any atom is 0.341 e. The number of nitrogens with zero attached hydrogens (tertiary/aromatic N) is 2. The smallest absolute Gasteiger partial charge is 0.341 e. The van der Waals surface area contributed by atoms with Gasteiger partial charge < -0.3 is 10.5 Å². The molecule has 0 aromatic heterocycles. The molecule has 0 spiro atoms. The average molecular weight is 419 g/mol. The highest BCUT2D eigenvalue weighted by atomic mass is 19.1. The van der Waals surface area contributed by atoms with E-state index >= 15 is 0 Å². The number of nitrogens with two attached hydrogens (primary N) is 1. The maximum atomic E-state index is 14.6. The summed E-state index contributed by atoms with van der Waals surface area (Å²) in [7, 11) is 1.45. The number of hydrogen-bond acceptors (Lipinski definition) is 5. The van der Waals surface area contributed by atoms with Crippen molar-refractivity contribution in [3.63, 3.8) is 0 Å². The third-order valence-electron chi connectivity index (χ3n) is 4.65. The van der Waals surface area contributed by atoms with Gasteiger partial charge in [0.05, 0.1) is 5.56 Å². The first kappa shape index (κ1) is 23.4. The number of Topliss-reactive ketones (excluding diaryl/α,β-unsaturated/α-hetero) is 1. The van der Waals surface area contributed by atoms with Crippen LogP contribution in [-0.2, 0) is 9.53 Å². The third-order valence-corrected chi connectivity index (χ3v) is 4.65.